The van der Waals surface area contributed by atoms with Crippen LogP contribution >= 0.6 is 0 Å². The number of benzene rings is 1. The Morgan fingerprint density at radius 2 is 1.89 bits per heavy atom. The van der Waals surface area contributed by atoms with Crippen molar-refractivity contribution in [2.45, 2.75) is 25.4 Å². The largest absolute Gasteiger partial charge is 0.355 e. The first-order chi connectivity index (χ1) is 13.3. The van der Waals surface area contributed by atoms with Crippen molar-refractivity contribution >= 4 is 5.91 Å². The molecule has 0 aliphatic carbocycles. The molecule has 0 radical (unpaired) electrons. The molecule has 1 amide bonds. The molecule has 0 saturated carbocycles. The van der Waals surface area contributed by atoms with Gasteiger partial charge >= 0.3 is 0 Å². The van der Waals surface area contributed by atoms with E-state index in [4.69, 9.17) is 4.52 Å². The molecule has 1 N–H and O–H groups in total. The summed E-state index contributed by atoms with van der Waals surface area (Å²) in [5.41, 5.74) is 2.42. The highest BCUT2D eigenvalue weighted by Crippen LogP contribution is 2.23. The first kappa shape index (κ1) is 17.4. The van der Waals surface area contributed by atoms with E-state index >= 15 is 0 Å². The van der Waals surface area contributed by atoms with Gasteiger partial charge in [0.15, 0.2) is 5.76 Å². The summed E-state index contributed by atoms with van der Waals surface area (Å²) in [7, 11) is 0. The maximum Gasteiger partial charge on any atom is 0.257 e. The van der Waals surface area contributed by atoms with Crippen molar-refractivity contribution in [1.29, 1.82) is 0 Å². The van der Waals surface area contributed by atoms with Crippen molar-refractivity contribution < 1.29 is 9.32 Å². The number of amides is 1. The van der Waals surface area contributed by atoms with Crippen LogP contribution in [0.4, 0.5) is 0 Å². The van der Waals surface area contributed by atoms with Crippen molar-refractivity contribution in [1.82, 2.24) is 20.4 Å². The summed E-state index contributed by atoms with van der Waals surface area (Å²) in [6, 6.07) is 15.7. The molecule has 1 aliphatic heterocycles. The third-order valence-corrected chi connectivity index (χ3v) is 4.89. The second-order valence-electron chi connectivity index (χ2n) is 6.78. The van der Waals surface area contributed by atoms with Crippen molar-refractivity contribution in [2.75, 3.05) is 13.1 Å². The van der Waals surface area contributed by atoms with E-state index in [1.54, 1.807) is 0 Å². The minimum absolute atomic E-state index is 0.127. The molecule has 0 spiro atoms. The van der Waals surface area contributed by atoms with Crippen LogP contribution < -0.4 is 5.32 Å². The number of aromatic nitrogens is 2. The van der Waals surface area contributed by atoms with Crippen molar-refractivity contribution in [3.8, 4) is 11.3 Å². The maximum absolute atomic E-state index is 12.7. The molecule has 6 nitrogen and oxygen atoms in total. The van der Waals surface area contributed by atoms with Crippen LogP contribution in [-0.4, -0.2) is 40.1 Å². The fourth-order valence-electron chi connectivity index (χ4n) is 3.42. The number of nitrogens with zero attached hydrogens (tertiary/aromatic N) is 3. The van der Waals surface area contributed by atoms with Gasteiger partial charge in [-0.25, -0.2) is 0 Å². The molecule has 4 rings (SSSR count). The van der Waals surface area contributed by atoms with E-state index in [-0.39, 0.29) is 11.9 Å². The Hall–Kier alpha value is -2.99. The Morgan fingerprint density at radius 3 is 2.63 bits per heavy atom. The molecule has 1 saturated heterocycles. The zero-order valence-corrected chi connectivity index (χ0v) is 15.0. The number of carbonyl (C=O) groups excluding carboxylic acids is 1. The zero-order valence-electron chi connectivity index (χ0n) is 15.0. The lowest BCUT2D eigenvalue weighted by Gasteiger charge is -2.32. The fraction of sp³-hybridized carbons (Fsp3) is 0.286. The fourth-order valence-corrected chi connectivity index (χ4v) is 3.42. The van der Waals surface area contributed by atoms with Crippen LogP contribution in [0.2, 0.25) is 0 Å². The predicted octanol–water partition coefficient (Wildman–Crippen LogP) is 3.13. The molecule has 2 aromatic heterocycles. The average molecular weight is 362 g/mol. The zero-order chi connectivity index (χ0) is 18.5. The van der Waals surface area contributed by atoms with Crippen LogP contribution in [-0.2, 0) is 6.54 Å². The second-order valence-corrected chi connectivity index (χ2v) is 6.78. The lowest BCUT2D eigenvalue weighted by molar-refractivity contribution is 0.0908. The van der Waals surface area contributed by atoms with Crippen LogP contribution in [0.25, 0.3) is 11.3 Å². The summed E-state index contributed by atoms with van der Waals surface area (Å²) in [6.07, 6.45) is 5.16. The summed E-state index contributed by atoms with van der Waals surface area (Å²) in [5, 5.41) is 6.96. The van der Waals surface area contributed by atoms with Crippen molar-refractivity contribution in [3.05, 3.63) is 72.2 Å². The molecule has 138 valence electrons. The molecular formula is C21H22N4O2. The van der Waals surface area contributed by atoms with E-state index in [0.29, 0.717) is 11.3 Å². The van der Waals surface area contributed by atoms with Crippen LogP contribution in [0.1, 0.15) is 28.9 Å². The van der Waals surface area contributed by atoms with Gasteiger partial charge in [0.05, 0.1) is 11.9 Å². The van der Waals surface area contributed by atoms with Gasteiger partial charge in [-0.3, -0.25) is 14.7 Å². The molecule has 0 atom stereocenters. The molecule has 0 bridgehead atoms. The van der Waals surface area contributed by atoms with Gasteiger partial charge in [-0.05, 0) is 25.0 Å². The summed E-state index contributed by atoms with van der Waals surface area (Å²) in [4.78, 5) is 19.5. The highest BCUT2D eigenvalue weighted by Gasteiger charge is 2.24. The summed E-state index contributed by atoms with van der Waals surface area (Å²) >= 11 is 0. The monoisotopic (exact) mass is 362 g/mol. The lowest BCUT2D eigenvalue weighted by Crippen LogP contribution is -2.44. The van der Waals surface area contributed by atoms with Crippen molar-refractivity contribution in [3.63, 3.8) is 0 Å². The minimum atomic E-state index is -0.127. The highest BCUT2D eigenvalue weighted by molar-refractivity contribution is 5.99. The molecule has 3 aromatic rings. The maximum atomic E-state index is 12.7. The van der Waals surface area contributed by atoms with Gasteiger partial charge in [0.2, 0.25) is 0 Å². The van der Waals surface area contributed by atoms with Gasteiger partial charge in [0.1, 0.15) is 5.56 Å². The molecule has 27 heavy (non-hydrogen) atoms. The molecule has 1 aliphatic rings. The van der Waals surface area contributed by atoms with Gasteiger partial charge in [-0.2, -0.15) is 0 Å². The lowest BCUT2D eigenvalue weighted by atomic mass is 10.0. The van der Waals surface area contributed by atoms with E-state index in [1.165, 1.54) is 6.20 Å². The second kappa shape index (κ2) is 8.14. The third kappa shape index (κ3) is 4.23. The predicted molar refractivity (Wildman–Crippen MR) is 102 cm³/mol. The van der Waals surface area contributed by atoms with Gasteiger partial charge in [0, 0.05) is 37.4 Å². The Balaban J connectivity index is 1.33. The molecule has 6 heteroatoms. The summed E-state index contributed by atoms with van der Waals surface area (Å²) in [6.45, 7) is 2.73. The Morgan fingerprint density at radius 1 is 1.11 bits per heavy atom. The number of likely N-dealkylation sites (tertiary alicyclic amines) is 1. The van der Waals surface area contributed by atoms with E-state index < -0.39 is 0 Å². The SMILES string of the molecule is O=C(NC1CCN(Cc2ccccn2)CC1)c1cnoc1-c1ccccc1. The quantitative estimate of drug-likeness (QED) is 0.755. The van der Waals surface area contributed by atoms with E-state index in [9.17, 15) is 4.79 Å². The van der Waals surface area contributed by atoms with Crippen LogP contribution in [0.3, 0.4) is 0 Å². The minimum Gasteiger partial charge on any atom is -0.355 e. The van der Waals surface area contributed by atoms with E-state index in [0.717, 1.165) is 43.7 Å². The van der Waals surface area contributed by atoms with E-state index in [2.05, 4.69) is 20.4 Å². The molecular weight excluding hydrogens is 340 g/mol. The van der Waals surface area contributed by atoms with Gasteiger partial charge < -0.3 is 9.84 Å². The Kier molecular flexibility index (Phi) is 5.25. The van der Waals surface area contributed by atoms with Crippen molar-refractivity contribution in [2.24, 2.45) is 0 Å². The van der Waals surface area contributed by atoms with Crippen LogP contribution in [0, 0.1) is 0 Å². The average Bonchev–Trinajstić information content (AvgIpc) is 3.21. The van der Waals surface area contributed by atoms with Gasteiger partial charge in [-0.1, -0.05) is 41.6 Å². The Bertz CT molecular complexity index is 871. The van der Waals surface area contributed by atoms with Gasteiger partial charge in [-0.15, -0.1) is 0 Å². The molecule has 3 heterocycles. The highest BCUT2D eigenvalue weighted by atomic mass is 16.5. The molecule has 1 fully saturated rings. The number of pyridine rings is 1. The van der Waals surface area contributed by atoms with Crippen LogP contribution in [0.5, 0.6) is 0 Å². The van der Waals surface area contributed by atoms with Crippen LogP contribution in [0.15, 0.2) is 65.4 Å². The number of nitrogens with one attached hydrogen (secondary N) is 1. The molecule has 0 unspecified atom stereocenters. The smallest absolute Gasteiger partial charge is 0.257 e. The number of piperidine rings is 1. The first-order valence-electron chi connectivity index (χ1n) is 9.23. The Labute approximate surface area is 158 Å². The van der Waals surface area contributed by atoms with Gasteiger partial charge in [0.25, 0.3) is 5.91 Å². The topological polar surface area (TPSA) is 71.3 Å². The standard InChI is InChI=1S/C21H22N4O2/c26-21(19-14-23-27-20(19)16-6-2-1-3-7-16)24-17-9-12-25(13-10-17)15-18-8-4-5-11-22-18/h1-8,11,14,17H,9-10,12-13,15H2,(H,24,26). The summed E-state index contributed by atoms with van der Waals surface area (Å²) in [5.74, 6) is 0.388. The third-order valence-electron chi connectivity index (χ3n) is 4.89. The number of carbonyl (C=O) groups is 1. The number of rotatable bonds is 5. The number of hydrogen-bond acceptors (Lipinski definition) is 5. The first-order valence-corrected chi connectivity index (χ1v) is 9.23. The molecule has 1 aromatic carbocycles. The normalized spacial score (nSPS) is 15.6. The number of hydrogen-bond donors (Lipinski definition) is 1. The summed E-state index contributed by atoms with van der Waals surface area (Å²) < 4.78 is 5.32. The van der Waals surface area contributed by atoms with E-state index in [1.807, 2.05) is 54.7 Å².